The first-order chi connectivity index (χ1) is 9.75. The fourth-order valence-corrected chi connectivity index (χ4v) is 2.62. The Morgan fingerprint density at radius 2 is 2.25 bits per heavy atom. The molecule has 1 aromatic carbocycles. The second kappa shape index (κ2) is 5.25. The Labute approximate surface area is 118 Å². The van der Waals surface area contributed by atoms with Gasteiger partial charge in [0.25, 0.3) is 0 Å². The molecule has 3 rings (SSSR count). The van der Waals surface area contributed by atoms with E-state index in [4.69, 9.17) is 15.0 Å². The highest BCUT2D eigenvalue weighted by Gasteiger charge is 2.42. The van der Waals surface area contributed by atoms with Gasteiger partial charge in [-0.05, 0) is 30.5 Å². The van der Waals surface area contributed by atoms with Crippen LogP contribution < -0.4 is 10.5 Å². The van der Waals surface area contributed by atoms with Crippen LogP contribution >= 0.6 is 0 Å². The quantitative estimate of drug-likeness (QED) is 0.902. The summed E-state index contributed by atoms with van der Waals surface area (Å²) >= 11 is 0. The van der Waals surface area contributed by atoms with Crippen LogP contribution in [0, 0.1) is 0 Å². The Kier molecular flexibility index (Phi) is 3.44. The number of hydrogen-bond donors (Lipinski definition) is 1. The second-order valence-corrected chi connectivity index (χ2v) is 5.38. The van der Waals surface area contributed by atoms with Crippen molar-refractivity contribution in [3.8, 4) is 5.75 Å². The number of hydrogen-bond acceptors (Lipinski definition) is 5. The molecule has 0 saturated heterocycles. The maximum atomic E-state index is 5.86. The zero-order chi connectivity index (χ0) is 14.0. The lowest BCUT2D eigenvalue weighted by Gasteiger charge is -2.36. The second-order valence-electron chi connectivity index (χ2n) is 5.38. The van der Waals surface area contributed by atoms with Crippen molar-refractivity contribution in [2.45, 2.75) is 31.1 Å². The van der Waals surface area contributed by atoms with Crippen LogP contribution in [0.15, 0.2) is 28.8 Å². The minimum atomic E-state index is -0.0698. The molecular weight excluding hydrogens is 254 g/mol. The van der Waals surface area contributed by atoms with Crippen LogP contribution in [0.5, 0.6) is 5.75 Å². The van der Waals surface area contributed by atoms with Crippen molar-refractivity contribution >= 4 is 0 Å². The first-order valence-electron chi connectivity index (χ1n) is 6.92. The van der Waals surface area contributed by atoms with Gasteiger partial charge in [-0.1, -0.05) is 23.7 Å². The van der Waals surface area contributed by atoms with Gasteiger partial charge in [-0.25, -0.2) is 0 Å². The van der Waals surface area contributed by atoms with E-state index in [-0.39, 0.29) is 5.41 Å². The van der Waals surface area contributed by atoms with Gasteiger partial charge in [-0.3, -0.25) is 0 Å². The lowest BCUT2D eigenvalue weighted by atomic mass is 9.69. The highest BCUT2D eigenvalue weighted by atomic mass is 16.5. The van der Waals surface area contributed by atoms with Crippen molar-refractivity contribution in [3.63, 3.8) is 0 Å². The Bertz CT molecular complexity index is 585. The average molecular weight is 273 g/mol. The summed E-state index contributed by atoms with van der Waals surface area (Å²) in [5, 5.41) is 4.08. The lowest BCUT2D eigenvalue weighted by molar-refractivity contribution is 0.181. The Morgan fingerprint density at radius 1 is 1.40 bits per heavy atom. The molecule has 0 amide bonds. The maximum absolute atomic E-state index is 5.86. The zero-order valence-electron chi connectivity index (χ0n) is 11.6. The third-order valence-electron chi connectivity index (χ3n) is 4.12. The smallest absolute Gasteiger partial charge is 0.234 e. The first kappa shape index (κ1) is 13.1. The number of rotatable bonds is 5. The lowest BCUT2D eigenvalue weighted by Crippen LogP contribution is -2.41. The van der Waals surface area contributed by atoms with Crippen LogP contribution in [0.25, 0.3) is 0 Å². The van der Waals surface area contributed by atoms with Crippen molar-refractivity contribution in [2.75, 3.05) is 13.7 Å². The SMILES string of the molecule is COc1cccc(Cc2noc(C3(CN)CCC3)n2)c1. The number of benzene rings is 1. The van der Waals surface area contributed by atoms with Gasteiger partial charge in [0.05, 0.1) is 12.5 Å². The van der Waals surface area contributed by atoms with E-state index >= 15 is 0 Å². The molecule has 106 valence electrons. The van der Waals surface area contributed by atoms with Gasteiger partial charge in [0.1, 0.15) is 5.75 Å². The van der Waals surface area contributed by atoms with E-state index < -0.39 is 0 Å². The zero-order valence-corrected chi connectivity index (χ0v) is 11.6. The van der Waals surface area contributed by atoms with Crippen LogP contribution in [0.3, 0.4) is 0 Å². The predicted octanol–water partition coefficient (Wildman–Crippen LogP) is 2.05. The van der Waals surface area contributed by atoms with Gasteiger partial charge in [0, 0.05) is 13.0 Å². The van der Waals surface area contributed by atoms with Gasteiger partial charge < -0.3 is 15.0 Å². The molecule has 2 N–H and O–H groups in total. The minimum Gasteiger partial charge on any atom is -0.497 e. The average Bonchev–Trinajstić information content (AvgIpc) is 2.87. The van der Waals surface area contributed by atoms with Crippen molar-refractivity contribution in [1.82, 2.24) is 10.1 Å². The van der Waals surface area contributed by atoms with Gasteiger partial charge in [-0.15, -0.1) is 0 Å². The third-order valence-corrected chi connectivity index (χ3v) is 4.12. The number of ether oxygens (including phenoxy) is 1. The number of methoxy groups -OCH3 is 1. The van der Waals surface area contributed by atoms with Crippen LogP contribution in [0.2, 0.25) is 0 Å². The van der Waals surface area contributed by atoms with Crippen LogP contribution in [0.1, 0.15) is 36.5 Å². The van der Waals surface area contributed by atoms with Gasteiger partial charge in [0.2, 0.25) is 5.89 Å². The minimum absolute atomic E-state index is 0.0698. The molecule has 0 spiro atoms. The summed E-state index contributed by atoms with van der Waals surface area (Å²) in [5.74, 6) is 2.24. The fraction of sp³-hybridized carbons (Fsp3) is 0.467. The van der Waals surface area contributed by atoms with Crippen LogP contribution in [0.4, 0.5) is 0 Å². The molecule has 1 heterocycles. The van der Waals surface area contributed by atoms with Gasteiger partial charge >= 0.3 is 0 Å². The van der Waals surface area contributed by atoms with E-state index in [9.17, 15) is 0 Å². The van der Waals surface area contributed by atoms with E-state index in [0.717, 1.165) is 24.2 Å². The third kappa shape index (κ3) is 2.29. The van der Waals surface area contributed by atoms with Crippen molar-refractivity contribution in [2.24, 2.45) is 5.73 Å². The summed E-state index contributed by atoms with van der Waals surface area (Å²) in [7, 11) is 1.66. The predicted molar refractivity (Wildman–Crippen MR) is 74.7 cm³/mol. The summed E-state index contributed by atoms with van der Waals surface area (Å²) in [6, 6.07) is 7.89. The molecular formula is C15H19N3O2. The summed E-state index contributed by atoms with van der Waals surface area (Å²) < 4.78 is 10.6. The van der Waals surface area contributed by atoms with E-state index in [2.05, 4.69) is 10.1 Å². The molecule has 5 nitrogen and oxygen atoms in total. The monoisotopic (exact) mass is 273 g/mol. The molecule has 0 bridgehead atoms. The molecule has 0 aliphatic heterocycles. The molecule has 0 unspecified atom stereocenters. The summed E-state index contributed by atoms with van der Waals surface area (Å²) in [6.07, 6.45) is 3.92. The molecule has 0 atom stereocenters. The van der Waals surface area contributed by atoms with Gasteiger partial charge in [-0.2, -0.15) is 4.98 Å². The Balaban J connectivity index is 1.77. The largest absolute Gasteiger partial charge is 0.497 e. The molecule has 1 fully saturated rings. The topological polar surface area (TPSA) is 74.2 Å². The highest BCUT2D eigenvalue weighted by molar-refractivity contribution is 5.30. The molecule has 20 heavy (non-hydrogen) atoms. The number of nitrogens with two attached hydrogens (primary N) is 1. The van der Waals surface area contributed by atoms with E-state index in [1.165, 1.54) is 6.42 Å². The molecule has 1 aromatic heterocycles. The van der Waals surface area contributed by atoms with E-state index in [1.54, 1.807) is 7.11 Å². The molecule has 2 aromatic rings. The summed E-state index contributed by atoms with van der Waals surface area (Å²) in [6.45, 7) is 0.577. The van der Waals surface area contributed by atoms with Gasteiger partial charge in [0.15, 0.2) is 5.82 Å². The normalized spacial score (nSPS) is 16.7. The molecule has 1 aliphatic carbocycles. The number of aromatic nitrogens is 2. The summed E-state index contributed by atoms with van der Waals surface area (Å²) in [5.41, 5.74) is 6.89. The molecule has 0 radical (unpaired) electrons. The highest BCUT2D eigenvalue weighted by Crippen LogP contribution is 2.41. The van der Waals surface area contributed by atoms with Crippen molar-refractivity contribution < 1.29 is 9.26 Å². The standard InChI is InChI=1S/C15H19N3O2/c1-19-12-5-2-4-11(8-12)9-13-17-14(20-18-13)15(10-16)6-3-7-15/h2,4-5,8H,3,6-7,9-10,16H2,1H3. The Hall–Kier alpha value is -1.88. The first-order valence-corrected chi connectivity index (χ1v) is 6.92. The molecule has 1 saturated carbocycles. The van der Waals surface area contributed by atoms with E-state index in [1.807, 2.05) is 24.3 Å². The fourth-order valence-electron chi connectivity index (χ4n) is 2.62. The van der Waals surface area contributed by atoms with Crippen LogP contribution in [-0.2, 0) is 11.8 Å². The molecule has 1 aliphatic rings. The van der Waals surface area contributed by atoms with Crippen molar-refractivity contribution in [1.29, 1.82) is 0 Å². The van der Waals surface area contributed by atoms with Crippen LogP contribution in [-0.4, -0.2) is 23.8 Å². The Morgan fingerprint density at radius 3 is 2.90 bits per heavy atom. The summed E-state index contributed by atoms with van der Waals surface area (Å²) in [4.78, 5) is 4.53. The van der Waals surface area contributed by atoms with E-state index in [0.29, 0.717) is 24.7 Å². The molecule has 5 heteroatoms. The number of nitrogens with zero attached hydrogens (tertiary/aromatic N) is 2. The maximum Gasteiger partial charge on any atom is 0.234 e. The van der Waals surface area contributed by atoms with Crippen molar-refractivity contribution in [3.05, 3.63) is 41.5 Å².